The highest BCUT2D eigenvalue weighted by Gasteiger charge is 2.24. The van der Waals surface area contributed by atoms with E-state index in [0.717, 1.165) is 23.8 Å². The van der Waals surface area contributed by atoms with E-state index in [9.17, 15) is 0 Å². The molecule has 0 heterocycles. The van der Waals surface area contributed by atoms with Crippen molar-refractivity contribution >= 4 is 0 Å². The fraction of sp³-hybridized carbons (Fsp3) is 1.00. The van der Waals surface area contributed by atoms with Crippen LogP contribution in [0, 0.1) is 17.8 Å². The molecule has 3 unspecified atom stereocenters. The molecule has 0 bridgehead atoms. The third-order valence-electron chi connectivity index (χ3n) is 4.24. The van der Waals surface area contributed by atoms with Crippen LogP contribution < -0.4 is 5.32 Å². The summed E-state index contributed by atoms with van der Waals surface area (Å²) in [4.78, 5) is 0. The minimum atomic E-state index is 0.762. The molecule has 16 heavy (non-hydrogen) atoms. The molecular formula is C15H31N. The summed E-state index contributed by atoms with van der Waals surface area (Å²) in [7, 11) is 2.12. The predicted molar refractivity (Wildman–Crippen MR) is 72.7 cm³/mol. The molecule has 3 atom stereocenters. The van der Waals surface area contributed by atoms with Crippen LogP contribution in [0.3, 0.4) is 0 Å². The van der Waals surface area contributed by atoms with Crippen LogP contribution >= 0.6 is 0 Å². The van der Waals surface area contributed by atoms with Gasteiger partial charge in [-0.25, -0.2) is 0 Å². The molecule has 0 saturated heterocycles. The molecule has 0 aromatic carbocycles. The summed E-state index contributed by atoms with van der Waals surface area (Å²) in [5.41, 5.74) is 0. The molecule has 1 saturated carbocycles. The summed E-state index contributed by atoms with van der Waals surface area (Å²) in [6.07, 6.45) is 9.90. The summed E-state index contributed by atoms with van der Waals surface area (Å²) in [5.74, 6) is 2.94. The van der Waals surface area contributed by atoms with Crippen molar-refractivity contribution in [3.8, 4) is 0 Å². The molecule has 96 valence electrons. The first kappa shape index (κ1) is 14.0. The zero-order valence-corrected chi connectivity index (χ0v) is 11.8. The second kappa shape index (κ2) is 7.32. The molecule has 1 fully saturated rings. The highest BCUT2D eigenvalue weighted by Crippen LogP contribution is 2.35. The van der Waals surface area contributed by atoms with Crippen molar-refractivity contribution in [2.24, 2.45) is 17.8 Å². The van der Waals surface area contributed by atoms with Crippen LogP contribution in [0.15, 0.2) is 0 Å². The summed E-state index contributed by atoms with van der Waals surface area (Å²) >= 11 is 0. The fourth-order valence-corrected chi connectivity index (χ4v) is 3.57. The number of rotatable bonds is 6. The Balaban J connectivity index is 2.25. The molecule has 0 amide bonds. The standard InChI is InChI=1S/C15H31N/c1-5-6-15(16-4)8-7-14-10-12(2)9-13(3)11-14/h12-16H,5-11H2,1-4H3. The van der Waals surface area contributed by atoms with E-state index in [1.807, 2.05) is 0 Å². The Kier molecular flexibility index (Phi) is 6.41. The normalized spacial score (nSPS) is 32.6. The van der Waals surface area contributed by atoms with Crippen LogP contribution in [0.1, 0.15) is 65.7 Å². The van der Waals surface area contributed by atoms with Gasteiger partial charge in [-0.3, -0.25) is 0 Å². The molecule has 1 heteroatoms. The SMILES string of the molecule is CCCC(CCC1CC(C)CC(C)C1)NC. The Morgan fingerprint density at radius 1 is 1.06 bits per heavy atom. The first-order valence-electron chi connectivity index (χ1n) is 7.32. The molecule has 0 spiro atoms. The zero-order chi connectivity index (χ0) is 12.0. The van der Waals surface area contributed by atoms with Gasteiger partial charge in [-0.2, -0.15) is 0 Å². The van der Waals surface area contributed by atoms with Crippen molar-refractivity contribution in [3.05, 3.63) is 0 Å². The molecule has 1 aliphatic carbocycles. The number of hydrogen-bond acceptors (Lipinski definition) is 1. The number of nitrogens with one attached hydrogen (secondary N) is 1. The quantitative estimate of drug-likeness (QED) is 0.713. The first-order chi connectivity index (χ1) is 7.65. The molecular weight excluding hydrogens is 194 g/mol. The molecule has 0 radical (unpaired) electrons. The van der Waals surface area contributed by atoms with E-state index in [1.165, 1.54) is 44.9 Å². The third-order valence-corrected chi connectivity index (χ3v) is 4.24. The lowest BCUT2D eigenvalue weighted by Gasteiger charge is -2.32. The van der Waals surface area contributed by atoms with Crippen LogP contribution in [0.25, 0.3) is 0 Å². The Labute approximate surface area is 102 Å². The van der Waals surface area contributed by atoms with Gasteiger partial charge in [0.2, 0.25) is 0 Å². The van der Waals surface area contributed by atoms with E-state index in [-0.39, 0.29) is 0 Å². The molecule has 1 nitrogen and oxygen atoms in total. The first-order valence-corrected chi connectivity index (χ1v) is 7.32. The lowest BCUT2D eigenvalue weighted by molar-refractivity contribution is 0.202. The van der Waals surface area contributed by atoms with E-state index in [2.05, 4.69) is 33.1 Å². The monoisotopic (exact) mass is 225 g/mol. The van der Waals surface area contributed by atoms with Gasteiger partial charge in [0.1, 0.15) is 0 Å². The van der Waals surface area contributed by atoms with Gasteiger partial charge in [0, 0.05) is 6.04 Å². The smallest absolute Gasteiger partial charge is 0.00640 e. The van der Waals surface area contributed by atoms with Gasteiger partial charge in [0.15, 0.2) is 0 Å². The van der Waals surface area contributed by atoms with E-state index in [4.69, 9.17) is 0 Å². The van der Waals surface area contributed by atoms with Crippen molar-refractivity contribution in [2.75, 3.05) is 7.05 Å². The summed E-state index contributed by atoms with van der Waals surface area (Å²) < 4.78 is 0. The Morgan fingerprint density at radius 3 is 2.19 bits per heavy atom. The Morgan fingerprint density at radius 2 is 1.69 bits per heavy atom. The topological polar surface area (TPSA) is 12.0 Å². The van der Waals surface area contributed by atoms with Gasteiger partial charge in [-0.1, -0.05) is 27.2 Å². The van der Waals surface area contributed by atoms with Crippen molar-refractivity contribution < 1.29 is 0 Å². The van der Waals surface area contributed by atoms with Crippen LogP contribution in [-0.4, -0.2) is 13.1 Å². The average Bonchev–Trinajstić information content (AvgIpc) is 2.23. The van der Waals surface area contributed by atoms with Gasteiger partial charge < -0.3 is 5.32 Å². The summed E-state index contributed by atoms with van der Waals surface area (Å²) in [6.45, 7) is 7.16. The highest BCUT2D eigenvalue weighted by atomic mass is 14.9. The highest BCUT2D eigenvalue weighted by molar-refractivity contribution is 4.76. The lowest BCUT2D eigenvalue weighted by atomic mass is 9.74. The molecule has 0 aromatic heterocycles. The molecule has 0 aromatic rings. The minimum Gasteiger partial charge on any atom is -0.317 e. The van der Waals surface area contributed by atoms with Gasteiger partial charge in [0.25, 0.3) is 0 Å². The molecule has 0 aliphatic heterocycles. The van der Waals surface area contributed by atoms with Crippen LogP contribution in [0.2, 0.25) is 0 Å². The Hall–Kier alpha value is -0.0400. The zero-order valence-electron chi connectivity index (χ0n) is 11.8. The minimum absolute atomic E-state index is 0.762. The maximum Gasteiger partial charge on any atom is 0.00640 e. The van der Waals surface area contributed by atoms with Crippen LogP contribution in [0.4, 0.5) is 0 Å². The van der Waals surface area contributed by atoms with Crippen LogP contribution in [-0.2, 0) is 0 Å². The van der Waals surface area contributed by atoms with Gasteiger partial charge in [0.05, 0.1) is 0 Å². The third kappa shape index (κ3) is 4.86. The van der Waals surface area contributed by atoms with Crippen molar-refractivity contribution in [2.45, 2.75) is 71.8 Å². The maximum absolute atomic E-state index is 3.46. The van der Waals surface area contributed by atoms with Crippen molar-refractivity contribution in [1.82, 2.24) is 5.32 Å². The van der Waals surface area contributed by atoms with Gasteiger partial charge in [-0.15, -0.1) is 0 Å². The molecule has 1 aliphatic rings. The van der Waals surface area contributed by atoms with E-state index >= 15 is 0 Å². The van der Waals surface area contributed by atoms with E-state index in [0.29, 0.717) is 0 Å². The number of hydrogen-bond donors (Lipinski definition) is 1. The predicted octanol–water partition coefficient (Wildman–Crippen LogP) is 4.23. The van der Waals surface area contributed by atoms with Crippen molar-refractivity contribution in [3.63, 3.8) is 0 Å². The summed E-state index contributed by atoms with van der Waals surface area (Å²) in [6, 6.07) is 0.762. The van der Waals surface area contributed by atoms with E-state index < -0.39 is 0 Å². The second-order valence-electron chi connectivity index (χ2n) is 6.14. The molecule has 1 rings (SSSR count). The van der Waals surface area contributed by atoms with Gasteiger partial charge >= 0.3 is 0 Å². The average molecular weight is 225 g/mol. The van der Waals surface area contributed by atoms with E-state index in [1.54, 1.807) is 0 Å². The van der Waals surface area contributed by atoms with Gasteiger partial charge in [-0.05, 0) is 63.3 Å². The van der Waals surface area contributed by atoms with Crippen molar-refractivity contribution in [1.29, 1.82) is 0 Å². The summed E-state index contributed by atoms with van der Waals surface area (Å²) in [5, 5.41) is 3.46. The second-order valence-corrected chi connectivity index (χ2v) is 6.14. The lowest BCUT2D eigenvalue weighted by Crippen LogP contribution is -2.27. The fourth-order valence-electron chi connectivity index (χ4n) is 3.57. The molecule has 1 N–H and O–H groups in total. The maximum atomic E-state index is 3.46. The Bertz CT molecular complexity index is 168. The largest absolute Gasteiger partial charge is 0.317 e. The van der Waals surface area contributed by atoms with Crippen LogP contribution in [0.5, 0.6) is 0 Å².